The van der Waals surface area contributed by atoms with E-state index in [0.29, 0.717) is 66.7 Å². The van der Waals surface area contributed by atoms with E-state index in [1.54, 1.807) is 25.2 Å². The fourth-order valence-electron chi connectivity index (χ4n) is 12.3. The van der Waals surface area contributed by atoms with Crippen LogP contribution in [-0.2, 0) is 29.2 Å². The molecule has 9 rings (SSSR count). The topological polar surface area (TPSA) is 247 Å². The van der Waals surface area contributed by atoms with E-state index in [4.69, 9.17) is 64.5 Å². The van der Waals surface area contributed by atoms with Crippen molar-refractivity contribution in [2.45, 2.75) is 51.4 Å². The number of ether oxygens (including phenoxy) is 4. The molecule has 7 aromatic rings. The predicted octanol–water partition coefficient (Wildman–Crippen LogP) is 11.7. The number of nitrogens with one attached hydrogen (secondary N) is 3. The van der Waals surface area contributed by atoms with E-state index in [0.717, 1.165) is 6.07 Å². The lowest BCUT2D eigenvalue weighted by atomic mass is 9.62. The number of aromatic nitrogens is 2. The number of urea groups is 1. The zero-order chi connectivity index (χ0) is 66.0. The van der Waals surface area contributed by atoms with Gasteiger partial charge in [0.1, 0.15) is 34.5 Å². The third-order valence-electron chi connectivity index (χ3n) is 16.6. The summed E-state index contributed by atoms with van der Waals surface area (Å²) in [6.07, 6.45) is 0.533. The van der Waals surface area contributed by atoms with Crippen LogP contribution in [0.15, 0.2) is 97.1 Å². The Labute approximate surface area is 546 Å². The second kappa shape index (κ2) is 30.1. The molecule has 2 heterocycles. The molecular weight excluding hydrogens is 1250 g/mol. The van der Waals surface area contributed by atoms with Crippen LogP contribution in [0.1, 0.15) is 67.4 Å². The fourth-order valence-corrected chi connectivity index (χ4v) is 13.0. The maximum absolute atomic E-state index is 17.0. The molecule has 4 atom stereocenters. The van der Waals surface area contributed by atoms with Gasteiger partial charge in [0.05, 0.1) is 74.0 Å². The highest BCUT2D eigenvalue weighted by Gasteiger charge is 2.61. The van der Waals surface area contributed by atoms with Crippen molar-refractivity contribution in [3.05, 3.63) is 146 Å². The Morgan fingerprint density at radius 1 is 0.826 bits per heavy atom. The first-order valence-electron chi connectivity index (χ1n) is 30.0. The normalized spacial score (nSPS) is 17.4. The molecule has 0 spiro atoms. The van der Waals surface area contributed by atoms with Crippen molar-refractivity contribution >= 4 is 97.7 Å². The van der Waals surface area contributed by atoms with Crippen molar-refractivity contribution in [2.75, 3.05) is 115 Å². The number of piperazine rings is 1. The van der Waals surface area contributed by atoms with Crippen LogP contribution < -0.4 is 31.3 Å². The first-order chi connectivity index (χ1) is 44.0. The molecule has 1 aliphatic carbocycles. The first kappa shape index (κ1) is 68.2. The van der Waals surface area contributed by atoms with Gasteiger partial charge >= 0.3 is 6.03 Å². The molecule has 6 aromatic carbocycles. The highest BCUT2D eigenvalue weighted by Crippen LogP contribution is 2.61. The monoisotopic (exact) mass is 1320 g/mol. The number of nitrogens with zero attached hydrogens (tertiary/aromatic N) is 6. The number of halogens is 6. The summed E-state index contributed by atoms with van der Waals surface area (Å²) < 4.78 is 72.0. The lowest BCUT2D eigenvalue weighted by Crippen LogP contribution is -2.50. The zero-order valence-electron chi connectivity index (χ0n) is 51.5. The molecular formula is C67H72Cl3F3N10O9. The summed E-state index contributed by atoms with van der Waals surface area (Å²) in [5, 5.41) is 32.3. The number of nitriles is 1. The van der Waals surface area contributed by atoms with E-state index in [9.17, 15) is 29.5 Å². The van der Waals surface area contributed by atoms with Crippen LogP contribution in [0.2, 0.25) is 15.1 Å². The first-order valence-corrected chi connectivity index (χ1v) is 31.2. The summed E-state index contributed by atoms with van der Waals surface area (Å²) in [4.78, 5) is 67.3. The van der Waals surface area contributed by atoms with E-state index >= 15 is 13.2 Å². The van der Waals surface area contributed by atoms with E-state index in [1.807, 2.05) is 43.9 Å². The summed E-state index contributed by atoms with van der Waals surface area (Å²) >= 11 is 19.4. The van der Waals surface area contributed by atoms with Crippen LogP contribution in [0.3, 0.4) is 0 Å². The third-order valence-corrected chi connectivity index (χ3v) is 17.5. The number of hydrogen-bond acceptors (Lipinski definition) is 14. The van der Waals surface area contributed by atoms with Gasteiger partial charge in [-0.15, -0.1) is 0 Å². The lowest BCUT2D eigenvalue weighted by Gasteiger charge is -2.38. The average molecular weight is 1320 g/mol. The van der Waals surface area contributed by atoms with Crippen LogP contribution in [-0.4, -0.2) is 148 Å². The van der Waals surface area contributed by atoms with Gasteiger partial charge in [-0.25, -0.2) is 22.9 Å². The highest BCUT2D eigenvalue weighted by molar-refractivity contribution is 6.35. The number of methoxy groups -OCH3 is 1. The number of hydrogen-bond donors (Lipinski definition) is 5. The molecule has 2 fully saturated rings. The largest absolute Gasteiger partial charge is 0.508 e. The zero-order valence-corrected chi connectivity index (χ0v) is 53.8. The number of anilines is 3. The molecule has 0 unspecified atom stereocenters. The van der Waals surface area contributed by atoms with Crippen molar-refractivity contribution in [3.63, 3.8) is 0 Å². The van der Waals surface area contributed by atoms with Gasteiger partial charge in [0, 0.05) is 98.2 Å². The van der Waals surface area contributed by atoms with Crippen molar-refractivity contribution in [1.29, 1.82) is 5.26 Å². The summed E-state index contributed by atoms with van der Waals surface area (Å²) in [5.74, 6) is -5.83. The van der Waals surface area contributed by atoms with Crippen LogP contribution in [0, 0.1) is 46.0 Å². The molecule has 1 aromatic heterocycles. The molecule has 5 amide bonds. The summed E-state index contributed by atoms with van der Waals surface area (Å²) in [6, 6.07) is 26.6. The second-order valence-electron chi connectivity index (χ2n) is 23.9. The SMILES string of the molecule is COc1cc(C(=O)NCCOCCOCCOCCN(C)C(=O)CCNc2nc(N3CCN(C(N)=O)CC3)c3cc(Cl)c(-c4cc(O)cc5ccccc45)c(F)c3n2)ccc1NC(=O)[C@@H]1C[C@@H](CC(C)(C)C)[C@](C#N)(c2ccc(Cl)cc2F)[C@H]1c1cccc(Cl)c1F. The number of nitrogens with two attached hydrogens (primary N) is 1. The lowest BCUT2D eigenvalue weighted by molar-refractivity contribution is -0.130. The molecule has 25 heteroatoms. The number of phenolic OH excluding ortho intramolecular Hbond substituents is 1. The second-order valence-corrected chi connectivity index (χ2v) is 25.1. The minimum Gasteiger partial charge on any atom is -0.508 e. The van der Waals surface area contributed by atoms with E-state index in [2.05, 4.69) is 27.0 Å². The molecule has 0 bridgehead atoms. The number of aromatic hydroxyl groups is 1. The van der Waals surface area contributed by atoms with Gasteiger partial charge in [-0.2, -0.15) is 10.2 Å². The number of fused-ring (bicyclic) bond motifs is 2. The van der Waals surface area contributed by atoms with Crippen molar-refractivity contribution < 1.29 is 56.4 Å². The average Bonchev–Trinajstić information content (AvgIpc) is 1.50. The molecule has 1 aliphatic heterocycles. The molecule has 92 heavy (non-hydrogen) atoms. The van der Waals surface area contributed by atoms with Gasteiger partial charge < -0.3 is 60.4 Å². The van der Waals surface area contributed by atoms with Gasteiger partial charge in [0.15, 0.2) is 5.82 Å². The maximum Gasteiger partial charge on any atom is 0.314 e. The molecule has 1 saturated carbocycles. The van der Waals surface area contributed by atoms with Crippen molar-refractivity contribution in [1.82, 2.24) is 25.1 Å². The number of carbonyl (C=O) groups is 4. The van der Waals surface area contributed by atoms with Gasteiger partial charge in [-0.3, -0.25) is 14.4 Å². The highest BCUT2D eigenvalue weighted by atomic mass is 35.5. The van der Waals surface area contributed by atoms with Gasteiger partial charge in [0.2, 0.25) is 17.8 Å². The Morgan fingerprint density at radius 2 is 1.54 bits per heavy atom. The Balaban J connectivity index is 0.708. The smallest absolute Gasteiger partial charge is 0.314 e. The summed E-state index contributed by atoms with van der Waals surface area (Å²) in [7, 11) is 3.03. The minimum absolute atomic E-state index is 0.000123. The number of primary amides is 1. The standard InChI is InChI=1S/C67H72Cl3F3N10O9/c1-66(2,3)37-41-33-47(57(45-11-8-12-50(69)58(45)72)67(41,38-74)49-15-14-42(68)34-52(49)71)63(87)78-53-16-13-40(32-54(53)89-5)62(86)76-19-25-90-27-29-92-30-28-91-26-24-81(4)55(85)17-18-77-65-79-60-48(61(80-65)82-20-22-83(23-21-82)64(75)88)36-51(70)56(59(60)73)46-35-43(84)31-39-9-6-7-10-44(39)46/h6-16,31-32,34-36,41,47,57,84H,17-30,33,37H2,1-5H3,(H2,75,88)(H,76,86)(H,78,87)(H,77,79,80)/t41-,47+,57-,67+/m0/s1. The molecule has 2 aliphatic rings. The third kappa shape index (κ3) is 15.5. The molecule has 19 nitrogen and oxygen atoms in total. The Bertz CT molecular complexity index is 3930. The molecule has 0 radical (unpaired) electrons. The fraction of sp³-hybridized carbons (Fsp3) is 0.388. The minimum atomic E-state index is -1.73. The number of rotatable bonds is 25. The molecule has 6 N–H and O–H groups in total. The van der Waals surface area contributed by atoms with Crippen LogP contribution >= 0.6 is 34.8 Å². The summed E-state index contributed by atoms with van der Waals surface area (Å²) in [5.41, 5.74) is 4.27. The van der Waals surface area contributed by atoms with Crippen LogP contribution in [0.4, 0.5) is 35.4 Å². The van der Waals surface area contributed by atoms with Crippen molar-refractivity contribution in [2.24, 2.45) is 23.0 Å². The van der Waals surface area contributed by atoms with Crippen LogP contribution in [0.25, 0.3) is 32.8 Å². The van der Waals surface area contributed by atoms with E-state index in [1.165, 1.54) is 71.5 Å². The molecule has 1 saturated heterocycles. The van der Waals surface area contributed by atoms with Gasteiger partial charge in [0.25, 0.3) is 5.91 Å². The van der Waals surface area contributed by atoms with Crippen molar-refractivity contribution in [3.8, 4) is 28.7 Å². The Hall–Kier alpha value is -8.17. The Morgan fingerprint density at radius 3 is 2.24 bits per heavy atom. The summed E-state index contributed by atoms with van der Waals surface area (Å²) in [6.45, 7) is 9.24. The van der Waals surface area contributed by atoms with Crippen LogP contribution in [0.5, 0.6) is 11.5 Å². The quantitative estimate of drug-likeness (QED) is 0.0334. The molecule has 486 valence electrons. The number of amides is 5. The Kier molecular flexibility index (Phi) is 22.3. The number of benzene rings is 6. The maximum atomic E-state index is 17.0. The number of phenols is 1. The predicted molar refractivity (Wildman–Crippen MR) is 348 cm³/mol. The van der Waals surface area contributed by atoms with Gasteiger partial charge in [-0.1, -0.05) is 98.0 Å². The van der Waals surface area contributed by atoms with Gasteiger partial charge in [-0.05, 0) is 101 Å². The van der Waals surface area contributed by atoms with E-state index in [-0.39, 0.29) is 143 Å². The number of likely N-dealkylation sites (N-methyl/N-ethyl adjacent to an activating group) is 1. The van der Waals surface area contributed by atoms with E-state index < -0.39 is 58.5 Å². The number of carbonyl (C=O) groups excluding carboxylic acids is 4.